The number of anilines is 1. The maximum Gasteiger partial charge on any atom is 0.125 e. The van der Waals surface area contributed by atoms with Crippen LogP contribution >= 0.6 is 0 Å². The van der Waals surface area contributed by atoms with Crippen molar-refractivity contribution in [1.82, 2.24) is 9.78 Å². The van der Waals surface area contributed by atoms with Crippen LogP contribution < -0.4 is 10.1 Å². The normalized spacial score (nSPS) is 17.7. The Bertz CT molecular complexity index is 577. The number of methoxy groups -OCH3 is 1. The third-order valence-corrected chi connectivity index (χ3v) is 3.67. The summed E-state index contributed by atoms with van der Waals surface area (Å²) in [4.78, 5) is 0. The zero-order valence-corrected chi connectivity index (χ0v) is 11.4. The van der Waals surface area contributed by atoms with E-state index in [9.17, 15) is 0 Å². The number of para-hydroxylation sites is 1. The van der Waals surface area contributed by atoms with Gasteiger partial charge in [-0.3, -0.25) is 0 Å². The van der Waals surface area contributed by atoms with Crippen LogP contribution in [0.4, 0.5) is 5.82 Å². The van der Waals surface area contributed by atoms with Gasteiger partial charge in [-0.2, -0.15) is 5.10 Å². The van der Waals surface area contributed by atoms with Crippen molar-refractivity contribution in [3.8, 4) is 5.75 Å². The first-order valence-electron chi connectivity index (χ1n) is 6.78. The Hall–Kier alpha value is -1.97. The molecule has 0 fully saturated rings. The topological polar surface area (TPSA) is 39.1 Å². The van der Waals surface area contributed by atoms with E-state index in [4.69, 9.17) is 9.84 Å². The molecule has 2 aromatic rings. The van der Waals surface area contributed by atoms with E-state index < -0.39 is 0 Å². The van der Waals surface area contributed by atoms with Gasteiger partial charge in [-0.25, -0.2) is 4.68 Å². The number of aryl methyl sites for hydroxylation is 1. The number of fused-ring (bicyclic) bond motifs is 1. The monoisotopic (exact) mass is 257 g/mol. The van der Waals surface area contributed by atoms with Crippen LogP contribution in [0.1, 0.15) is 30.6 Å². The van der Waals surface area contributed by atoms with E-state index in [-0.39, 0.29) is 6.04 Å². The highest BCUT2D eigenvalue weighted by atomic mass is 16.5. The summed E-state index contributed by atoms with van der Waals surface area (Å²) in [7, 11) is 1.72. The fraction of sp³-hybridized carbons (Fsp3) is 0.400. The lowest BCUT2D eigenvalue weighted by atomic mass is 10.0. The predicted octanol–water partition coefficient (Wildman–Crippen LogP) is 2.86. The molecule has 1 aliphatic rings. The van der Waals surface area contributed by atoms with E-state index in [1.54, 1.807) is 7.11 Å². The first-order chi connectivity index (χ1) is 9.33. The van der Waals surface area contributed by atoms with Crippen LogP contribution in [0.5, 0.6) is 5.75 Å². The Morgan fingerprint density at radius 3 is 3.05 bits per heavy atom. The van der Waals surface area contributed by atoms with Gasteiger partial charge in [0.1, 0.15) is 11.6 Å². The van der Waals surface area contributed by atoms with Gasteiger partial charge in [-0.15, -0.1) is 0 Å². The van der Waals surface area contributed by atoms with E-state index in [2.05, 4.69) is 35.1 Å². The minimum Gasteiger partial charge on any atom is -0.496 e. The summed E-state index contributed by atoms with van der Waals surface area (Å²) in [6.45, 7) is 3.10. The molecular formula is C15H19N3O. The summed E-state index contributed by atoms with van der Waals surface area (Å²) >= 11 is 0. The van der Waals surface area contributed by atoms with Crippen LogP contribution in [0.3, 0.4) is 0 Å². The van der Waals surface area contributed by atoms with Gasteiger partial charge in [0, 0.05) is 18.2 Å². The molecule has 0 bridgehead atoms. The standard InChI is InChI=1S/C15H19N3O/c1-3-11-10-15-16-9-8-13(18(15)17-11)12-6-4-5-7-14(12)19-2/h4-7,10,13,16H,3,8-9H2,1-2H3. The molecule has 0 saturated carbocycles. The third kappa shape index (κ3) is 2.07. The van der Waals surface area contributed by atoms with Crippen molar-refractivity contribution in [3.63, 3.8) is 0 Å². The summed E-state index contributed by atoms with van der Waals surface area (Å²) in [6, 6.07) is 10.6. The number of ether oxygens (including phenoxy) is 1. The molecule has 1 aromatic heterocycles. The van der Waals surface area contributed by atoms with Crippen LogP contribution in [-0.4, -0.2) is 23.4 Å². The summed E-state index contributed by atoms with van der Waals surface area (Å²) in [5, 5.41) is 8.12. The van der Waals surface area contributed by atoms with Gasteiger partial charge in [0.2, 0.25) is 0 Å². The van der Waals surface area contributed by atoms with Gasteiger partial charge in [-0.05, 0) is 18.9 Å². The quantitative estimate of drug-likeness (QED) is 0.919. The lowest BCUT2D eigenvalue weighted by Crippen LogP contribution is -2.24. The van der Waals surface area contributed by atoms with Crippen LogP contribution in [0.25, 0.3) is 0 Å². The van der Waals surface area contributed by atoms with Gasteiger partial charge < -0.3 is 10.1 Å². The molecule has 1 N–H and O–H groups in total. The maximum absolute atomic E-state index is 5.49. The highest BCUT2D eigenvalue weighted by Crippen LogP contribution is 2.34. The van der Waals surface area contributed by atoms with Crippen LogP contribution in [0.15, 0.2) is 30.3 Å². The number of aromatic nitrogens is 2. The van der Waals surface area contributed by atoms with Gasteiger partial charge in [0.05, 0.1) is 18.8 Å². The molecule has 19 heavy (non-hydrogen) atoms. The second kappa shape index (κ2) is 4.96. The average Bonchev–Trinajstić information content (AvgIpc) is 2.90. The van der Waals surface area contributed by atoms with E-state index in [0.29, 0.717) is 0 Å². The number of benzene rings is 1. The molecule has 2 heterocycles. The Balaban J connectivity index is 2.05. The van der Waals surface area contributed by atoms with Crippen LogP contribution in [0.2, 0.25) is 0 Å². The minimum atomic E-state index is 0.257. The summed E-state index contributed by atoms with van der Waals surface area (Å²) < 4.78 is 7.58. The van der Waals surface area contributed by atoms with E-state index in [1.165, 1.54) is 5.56 Å². The summed E-state index contributed by atoms with van der Waals surface area (Å²) in [5.41, 5.74) is 2.34. The van der Waals surface area contributed by atoms with Crippen molar-refractivity contribution in [2.75, 3.05) is 19.0 Å². The van der Waals surface area contributed by atoms with Gasteiger partial charge in [-0.1, -0.05) is 25.1 Å². The van der Waals surface area contributed by atoms with Gasteiger partial charge in [0.25, 0.3) is 0 Å². The van der Waals surface area contributed by atoms with Crippen molar-refractivity contribution in [1.29, 1.82) is 0 Å². The first-order valence-corrected chi connectivity index (χ1v) is 6.78. The van der Waals surface area contributed by atoms with Crippen molar-refractivity contribution in [2.45, 2.75) is 25.8 Å². The molecule has 1 aliphatic heterocycles. The molecule has 0 saturated heterocycles. The molecule has 1 unspecified atom stereocenters. The fourth-order valence-electron chi connectivity index (χ4n) is 2.68. The van der Waals surface area contributed by atoms with Crippen molar-refractivity contribution in [2.24, 2.45) is 0 Å². The van der Waals surface area contributed by atoms with Crippen molar-refractivity contribution >= 4 is 5.82 Å². The second-order valence-electron chi connectivity index (χ2n) is 4.79. The van der Waals surface area contributed by atoms with E-state index >= 15 is 0 Å². The van der Waals surface area contributed by atoms with Gasteiger partial charge >= 0.3 is 0 Å². The first kappa shape index (κ1) is 12.1. The molecule has 3 rings (SSSR count). The molecular weight excluding hydrogens is 238 g/mol. The van der Waals surface area contributed by atoms with E-state index in [1.807, 2.05) is 12.1 Å². The third-order valence-electron chi connectivity index (χ3n) is 3.67. The molecule has 100 valence electrons. The molecule has 0 radical (unpaired) electrons. The van der Waals surface area contributed by atoms with Gasteiger partial charge in [0.15, 0.2) is 0 Å². The maximum atomic E-state index is 5.49. The Labute approximate surface area is 113 Å². The Kier molecular flexibility index (Phi) is 3.15. The lowest BCUT2D eigenvalue weighted by Gasteiger charge is -2.27. The fourth-order valence-corrected chi connectivity index (χ4v) is 2.68. The van der Waals surface area contributed by atoms with Crippen LogP contribution in [-0.2, 0) is 6.42 Å². The number of nitrogens with one attached hydrogen (secondary N) is 1. The SMILES string of the molecule is CCc1cc2n(n1)C(c1ccccc1OC)CCN2. The highest BCUT2D eigenvalue weighted by Gasteiger charge is 2.25. The smallest absolute Gasteiger partial charge is 0.125 e. The van der Waals surface area contributed by atoms with Crippen molar-refractivity contribution in [3.05, 3.63) is 41.6 Å². The van der Waals surface area contributed by atoms with E-state index in [0.717, 1.165) is 36.6 Å². The average molecular weight is 257 g/mol. The largest absolute Gasteiger partial charge is 0.496 e. The number of hydrogen-bond acceptors (Lipinski definition) is 3. The highest BCUT2D eigenvalue weighted by molar-refractivity contribution is 5.44. The number of hydrogen-bond donors (Lipinski definition) is 1. The Morgan fingerprint density at radius 2 is 2.26 bits per heavy atom. The molecule has 1 aromatic carbocycles. The zero-order valence-electron chi connectivity index (χ0n) is 11.4. The molecule has 4 heteroatoms. The second-order valence-corrected chi connectivity index (χ2v) is 4.79. The summed E-state index contributed by atoms with van der Waals surface area (Å²) in [5.74, 6) is 2.05. The minimum absolute atomic E-state index is 0.257. The number of nitrogens with zero attached hydrogens (tertiary/aromatic N) is 2. The zero-order chi connectivity index (χ0) is 13.2. The molecule has 0 amide bonds. The Morgan fingerprint density at radius 1 is 1.42 bits per heavy atom. The predicted molar refractivity (Wildman–Crippen MR) is 75.8 cm³/mol. The molecule has 1 atom stereocenters. The van der Waals surface area contributed by atoms with Crippen LogP contribution in [0, 0.1) is 0 Å². The molecule has 0 spiro atoms. The van der Waals surface area contributed by atoms with Crippen molar-refractivity contribution < 1.29 is 4.74 Å². The molecule has 4 nitrogen and oxygen atoms in total. The molecule has 0 aliphatic carbocycles. The lowest BCUT2D eigenvalue weighted by molar-refractivity contribution is 0.391. The number of rotatable bonds is 3. The summed E-state index contributed by atoms with van der Waals surface area (Å²) in [6.07, 6.45) is 1.98.